The predicted molar refractivity (Wildman–Crippen MR) is 162 cm³/mol. The quantitative estimate of drug-likeness (QED) is 0.230. The van der Waals surface area contributed by atoms with Crippen LogP contribution in [0.2, 0.25) is 0 Å². The summed E-state index contributed by atoms with van der Waals surface area (Å²) in [4.78, 5) is 0. The van der Waals surface area contributed by atoms with Gasteiger partial charge in [0.2, 0.25) is 0 Å². The maximum Gasteiger partial charge on any atom is 0.131 e. The Morgan fingerprint density at radius 2 is 1.31 bits per heavy atom. The zero-order valence-electron chi connectivity index (χ0n) is 22.0. The van der Waals surface area contributed by atoms with Crippen molar-refractivity contribution >= 4 is 32.6 Å². The number of benzene rings is 6. The number of ether oxygens (including phenoxy) is 1. The Hall–Kier alpha value is -4.82. The topological polar surface area (TPSA) is 14.2 Å². The number of para-hydroxylation sites is 3. The van der Waals surface area contributed by atoms with Crippen LogP contribution in [-0.2, 0) is 5.41 Å². The monoisotopic (exact) mass is 501 g/mol. The molecule has 6 aromatic carbocycles. The molecule has 1 aliphatic heterocycles. The maximum absolute atomic E-state index is 6.34. The van der Waals surface area contributed by atoms with Gasteiger partial charge >= 0.3 is 0 Å². The normalized spacial score (nSPS) is 13.8. The summed E-state index contributed by atoms with van der Waals surface area (Å²) in [5, 5.41) is 5.04. The molecule has 2 nitrogen and oxygen atoms in total. The van der Waals surface area contributed by atoms with Gasteiger partial charge in [-0.25, -0.2) is 0 Å². The van der Waals surface area contributed by atoms with Crippen LogP contribution in [0.15, 0.2) is 127 Å². The fourth-order valence-corrected chi connectivity index (χ4v) is 6.46. The Labute approximate surface area is 227 Å². The number of fused-ring (bicyclic) bond motifs is 6. The Balaban J connectivity index is 1.38. The molecule has 0 spiro atoms. The van der Waals surface area contributed by atoms with E-state index >= 15 is 0 Å². The summed E-state index contributed by atoms with van der Waals surface area (Å²) >= 11 is 0. The molecule has 0 atom stereocenters. The van der Waals surface area contributed by atoms with Crippen LogP contribution < -0.4 is 4.74 Å². The number of aromatic nitrogens is 1. The highest BCUT2D eigenvalue weighted by atomic mass is 16.5. The van der Waals surface area contributed by atoms with Crippen molar-refractivity contribution in [3.63, 3.8) is 0 Å². The lowest BCUT2D eigenvalue weighted by molar-refractivity contribution is 0.418. The van der Waals surface area contributed by atoms with Crippen molar-refractivity contribution in [2.24, 2.45) is 0 Å². The molecule has 0 unspecified atom stereocenters. The fraction of sp³-hybridized carbons (Fsp3) is 0.0811. The molecule has 2 heteroatoms. The second-order valence-corrected chi connectivity index (χ2v) is 11.0. The second kappa shape index (κ2) is 8.09. The minimum atomic E-state index is -0.155. The molecule has 7 aromatic rings. The first-order chi connectivity index (χ1) is 19.1. The van der Waals surface area contributed by atoms with Crippen LogP contribution in [0.5, 0.6) is 11.5 Å². The highest BCUT2D eigenvalue weighted by Gasteiger charge is 2.34. The zero-order chi connectivity index (χ0) is 26.1. The van der Waals surface area contributed by atoms with Crippen molar-refractivity contribution in [1.82, 2.24) is 4.57 Å². The molecule has 0 fully saturated rings. The van der Waals surface area contributed by atoms with Gasteiger partial charge in [0, 0.05) is 33.0 Å². The molecule has 1 aromatic heterocycles. The van der Waals surface area contributed by atoms with E-state index in [1.54, 1.807) is 0 Å². The molecule has 8 rings (SSSR count). The standard InChI is InChI=1S/C37H27NO/c1-37(2)31-16-7-9-18-35(31)39-36-20-19-25(22-32(36)37)27-15-10-11-24-21-30-28-14-6-8-17-33(28)38(34(30)23-29(24)27)26-12-4-3-5-13-26/h3-23H,1-2H3. The molecular formula is C37H27NO. The third kappa shape index (κ3) is 3.21. The van der Waals surface area contributed by atoms with Crippen LogP contribution in [-0.4, -0.2) is 4.57 Å². The molecule has 1 aliphatic rings. The third-order valence-corrected chi connectivity index (χ3v) is 8.43. The van der Waals surface area contributed by atoms with Crippen molar-refractivity contribution in [3.8, 4) is 28.3 Å². The summed E-state index contributed by atoms with van der Waals surface area (Å²) in [5.74, 6) is 1.89. The van der Waals surface area contributed by atoms with E-state index < -0.39 is 0 Å². The number of rotatable bonds is 2. The predicted octanol–water partition coefficient (Wildman–Crippen LogP) is 10.0. The van der Waals surface area contributed by atoms with Crippen LogP contribution in [0.3, 0.4) is 0 Å². The summed E-state index contributed by atoms with van der Waals surface area (Å²) in [7, 11) is 0. The Morgan fingerprint density at radius 3 is 2.21 bits per heavy atom. The lowest BCUT2D eigenvalue weighted by atomic mass is 9.75. The van der Waals surface area contributed by atoms with Crippen LogP contribution in [0.4, 0.5) is 0 Å². The second-order valence-electron chi connectivity index (χ2n) is 11.0. The average Bonchev–Trinajstić information content (AvgIpc) is 3.29. The zero-order valence-corrected chi connectivity index (χ0v) is 22.0. The van der Waals surface area contributed by atoms with E-state index in [1.807, 2.05) is 6.07 Å². The Kier molecular flexibility index (Phi) is 4.60. The minimum absolute atomic E-state index is 0.155. The maximum atomic E-state index is 6.34. The first-order valence-electron chi connectivity index (χ1n) is 13.5. The van der Waals surface area contributed by atoms with E-state index in [9.17, 15) is 0 Å². The highest BCUT2D eigenvalue weighted by Crippen LogP contribution is 2.49. The summed E-state index contributed by atoms with van der Waals surface area (Å²) < 4.78 is 8.73. The van der Waals surface area contributed by atoms with Crippen molar-refractivity contribution in [2.45, 2.75) is 19.3 Å². The fourth-order valence-electron chi connectivity index (χ4n) is 6.46. The molecule has 0 radical (unpaired) electrons. The Bertz CT molecular complexity index is 2060. The smallest absolute Gasteiger partial charge is 0.131 e. The van der Waals surface area contributed by atoms with Crippen LogP contribution in [0.1, 0.15) is 25.0 Å². The summed E-state index contributed by atoms with van der Waals surface area (Å²) in [6, 6.07) is 45.8. The van der Waals surface area contributed by atoms with Gasteiger partial charge in [0.1, 0.15) is 11.5 Å². The number of nitrogens with zero attached hydrogens (tertiary/aromatic N) is 1. The molecule has 0 bridgehead atoms. The van der Waals surface area contributed by atoms with Gasteiger partial charge in [-0.15, -0.1) is 0 Å². The lowest BCUT2D eigenvalue weighted by Crippen LogP contribution is -2.24. The van der Waals surface area contributed by atoms with Gasteiger partial charge in [0.25, 0.3) is 0 Å². The molecule has 0 amide bonds. The van der Waals surface area contributed by atoms with Crippen LogP contribution in [0.25, 0.3) is 49.4 Å². The molecular weight excluding hydrogens is 474 g/mol. The third-order valence-electron chi connectivity index (χ3n) is 8.43. The van der Waals surface area contributed by atoms with E-state index in [0.717, 1.165) is 11.5 Å². The van der Waals surface area contributed by atoms with Crippen molar-refractivity contribution in [3.05, 3.63) is 139 Å². The first kappa shape index (κ1) is 22.2. The molecule has 0 aliphatic carbocycles. The summed E-state index contributed by atoms with van der Waals surface area (Å²) in [6.45, 7) is 4.59. The lowest BCUT2D eigenvalue weighted by Gasteiger charge is -2.34. The molecule has 0 N–H and O–H groups in total. The average molecular weight is 502 g/mol. The molecule has 39 heavy (non-hydrogen) atoms. The SMILES string of the molecule is CC1(C)c2ccccc2Oc2ccc(-c3cccc4cc5c6ccccc6n(-c6ccccc6)c5cc34)cc21. The number of hydrogen-bond acceptors (Lipinski definition) is 1. The van der Waals surface area contributed by atoms with Gasteiger partial charge in [-0.05, 0) is 70.4 Å². The van der Waals surface area contributed by atoms with Gasteiger partial charge in [-0.1, -0.05) is 92.7 Å². The van der Waals surface area contributed by atoms with Gasteiger partial charge in [0.15, 0.2) is 0 Å². The first-order valence-corrected chi connectivity index (χ1v) is 13.5. The highest BCUT2D eigenvalue weighted by molar-refractivity contribution is 6.15. The van der Waals surface area contributed by atoms with Gasteiger partial charge in [0.05, 0.1) is 11.0 Å². The largest absolute Gasteiger partial charge is 0.457 e. The van der Waals surface area contributed by atoms with Crippen LogP contribution in [0, 0.1) is 0 Å². The van der Waals surface area contributed by atoms with Crippen molar-refractivity contribution in [2.75, 3.05) is 0 Å². The molecule has 0 saturated carbocycles. The number of hydrogen-bond donors (Lipinski definition) is 0. The van der Waals surface area contributed by atoms with Gasteiger partial charge < -0.3 is 9.30 Å². The van der Waals surface area contributed by atoms with E-state index in [1.165, 1.54) is 60.5 Å². The summed E-state index contributed by atoms with van der Waals surface area (Å²) in [5.41, 5.74) is 8.34. The van der Waals surface area contributed by atoms with Gasteiger partial charge in [-0.2, -0.15) is 0 Å². The van der Waals surface area contributed by atoms with E-state index in [0.29, 0.717) is 0 Å². The van der Waals surface area contributed by atoms with Crippen LogP contribution >= 0.6 is 0 Å². The van der Waals surface area contributed by atoms with E-state index in [2.05, 4.69) is 140 Å². The minimum Gasteiger partial charge on any atom is -0.457 e. The molecule has 186 valence electrons. The van der Waals surface area contributed by atoms with Crippen molar-refractivity contribution in [1.29, 1.82) is 0 Å². The molecule has 0 saturated heterocycles. The molecule has 2 heterocycles. The van der Waals surface area contributed by atoms with Crippen molar-refractivity contribution < 1.29 is 4.74 Å². The summed E-state index contributed by atoms with van der Waals surface area (Å²) in [6.07, 6.45) is 0. The van der Waals surface area contributed by atoms with E-state index in [-0.39, 0.29) is 5.41 Å². The van der Waals surface area contributed by atoms with Gasteiger partial charge in [-0.3, -0.25) is 0 Å². The van der Waals surface area contributed by atoms with E-state index in [4.69, 9.17) is 4.74 Å². The Morgan fingerprint density at radius 1 is 0.538 bits per heavy atom.